The molecule has 0 bridgehead atoms. The number of carbonyl (C=O) groups is 1. The molecule has 1 atom stereocenters. The van der Waals surface area contributed by atoms with E-state index in [-0.39, 0.29) is 12.4 Å². The highest BCUT2D eigenvalue weighted by atomic mass is 35.5. The summed E-state index contributed by atoms with van der Waals surface area (Å²) in [5, 5.41) is 9.61. The highest BCUT2D eigenvalue weighted by Gasteiger charge is 2.22. The second kappa shape index (κ2) is 10.4. The quantitative estimate of drug-likeness (QED) is 0.260. The van der Waals surface area contributed by atoms with Gasteiger partial charge in [0.15, 0.2) is 0 Å². The van der Waals surface area contributed by atoms with Gasteiger partial charge >= 0.3 is 5.97 Å². The van der Waals surface area contributed by atoms with E-state index in [2.05, 4.69) is 20.8 Å². The zero-order chi connectivity index (χ0) is 13.3. The lowest BCUT2D eigenvalue weighted by Gasteiger charge is -2.36. The first-order valence-electron chi connectivity index (χ1n) is 6.40. The number of aliphatic hydroxyl groups excluding tert-OH is 1. The van der Waals surface area contributed by atoms with Gasteiger partial charge in [0, 0.05) is 6.08 Å². The van der Waals surface area contributed by atoms with Gasteiger partial charge in [-0.25, -0.2) is 4.79 Å². The number of hydrogen-bond donors (Lipinski definition) is 1. The van der Waals surface area contributed by atoms with E-state index in [1.807, 2.05) is 0 Å². The molecule has 1 unspecified atom stereocenters. The Morgan fingerprint density at radius 1 is 1.28 bits per heavy atom. The Hall–Kier alpha value is -0.580. The van der Waals surface area contributed by atoms with Gasteiger partial charge in [-0.2, -0.15) is 0 Å². The van der Waals surface area contributed by atoms with E-state index in [1.165, 1.54) is 6.08 Å². The van der Waals surface area contributed by atoms with E-state index in [1.54, 1.807) is 13.0 Å². The van der Waals surface area contributed by atoms with E-state index < -0.39 is 12.3 Å². The minimum Gasteiger partial charge on any atom is -1.00 e. The third kappa shape index (κ3) is 6.99. The molecule has 1 N–H and O–H groups in total. The number of rotatable bonds is 8. The summed E-state index contributed by atoms with van der Waals surface area (Å²) < 4.78 is 5.78. The SMILES string of the molecule is CC=CC(=O)OC(O)CC[N+](CC)(CC)CC.[Cl-]. The van der Waals surface area contributed by atoms with Gasteiger partial charge in [-0.3, -0.25) is 0 Å². The van der Waals surface area contributed by atoms with E-state index in [4.69, 9.17) is 4.74 Å². The standard InChI is InChI=1S/C13H26NO3.ClH/c1-5-9-12(15)17-13(16)10-11-14(6-2,7-3)8-4;/h5,9,13,16H,6-8,10-11H2,1-4H3;1H/q+1;/p-1. The van der Waals surface area contributed by atoms with Crippen molar-refractivity contribution in [1.82, 2.24) is 0 Å². The molecule has 0 radical (unpaired) electrons. The Labute approximate surface area is 117 Å². The largest absolute Gasteiger partial charge is 1.00 e. The number of allylic oxidation sites excluding steroid dienone is 1. The molecule has 0 aromatic carbocycles. The van der Waals surface area contributed by atoms with E-state index in [0.29, 0.717) is 6.42 Å². The van der Waals surface area contributed by atoms with Crippen molar-refractivity contribution in [2.75, 3.05) is 26.2 Å². The average Bonchev–Trinajstić information content (AvgIpc) is 2.32. The van der Waals surface area contributed by atoms with Crippen molar-refractivity contribution in [2.24, 2.45) is 0 Å². The molecule has 5 heteroatoms. The zero-order valence-corrected chi connectivity index (χ0v) is 12.6. The molecule has 0 aliphatic rings. The smallest absolute Gasteiger partial charge is 0.332 e. The van der Waals surface area contributed by atoms with Gasteiger partial charge < -0.3 is 26.7 Å². The van der Waals surface area contributed by atoms with Gasteiger partial charge in [0.1, 0.15) is 0 Å². The molecule has 4 nitrogen and oxygen atoms in total. The summed E-state index contributed by atoms with van der Waals surface area (Å²) in [6.07, 6.45) is 2.39. The van der Waals surface area contributed by atoms with Crippen LogP contribution < -0.4 is 12.4 Å². The number of carbonyl (C=O) groups excluding carboxylic acids is 1. The summed E-state index contributed by atoms with van der Waals surface area (Å²) in [5.41, 5.74) is 0. The van der Waals surface area contributed by atoms with Gasteiger partial charge in [0.25, 0.3) is 0 Å². The van der Waals surface area contributed by atoms with Crippen LogP contribution in [-0.4, -0.2) is 48.0 Å². The van der Waals surface area contributed by atoms with Crippen LogP contribution in [0, 0.1) is 0 Å². The topological polar surface area (TPSA) is 46.5 Å². The maximum Gasteiger partial charge on any atom is 0.332 e. The number of quaternary nitrogens is 1. The second-order valence-electron chi connectivity index (χ2n) is 4.19. The van der Waals surface area contributed by atoms with Crippen molar-refractivity contribution in [2.45, 2.75) is 40.4 Å². The molecule has 0 saturated carbocycles. The summed E-state index contributed by atoms with van der Waals surface area (Å²) in [6.45, 7) is 12.1. The number of halogens is 1. The molecule has 0 aromatic rings. The van der Waals surface area contributed by atoms with Gasteiger partial charge in [-0.1, -0.05) is 6.08 Å². The summed E-state index contributed by atoms with van der Waals surface area (Å²) in [7, 11) is 0. The molecule has 0 fully saturated rings. The number of nitrogens with zero attached hydrogens (tertiary/aromatic N) is 1. The van der Waals surface area contributed by atoms with Crippen LogP contribution in [0.1, 0.15) is 34.1 Å². The Morgan fingerprint density at radius 2 is 1.78 bits per heavy atom. The average molecular weight is 280 g/mol. The molecule has 0 heterocycles. The fourth-order valence-corrected chi connectivity index (χ4v) is 1.90. The van der Waals surface area contributed by atoms with Crippen LogP contribution in [0.4, 0.5) is 0 Å². The van der Waals surface area contributed by atoms with Gasteiger partial charge in [0.2, 0.25) is 6.29 Å². The minimum atomic E-state index is -0.999. The van der Waals surface area contributed by atoms with Crippen molar-refractivity contribution in [3.63, 3.8) is 0 Å². The zero-order valence-electron chi connectivity index (χ0n) is 11.9. The van der Waals surface area contributed by atoms with Crippen molar-refractivity contribution in [3.05, 3.63) is 12.2 Å². The van der Waals surface area contributed by atoms with Crippen LogP contribution >= 0.6 is 0 Å². The molecule has 0 rings (SSSR count). The first kappa shape index (κ1) is 19.8. The summed E-state index contributed by atoms with van der Waals surface area (Å²) >= 11 is 0. The molecular formula is C13H26ClNO3. The Kier molecular flexibility index (Phi) is 11.4. The van der Waals surface area contributed by atoms with Crippen LogP contribution in [0.2, 0.25) is 0 Å². The van der Waals surface area contributed by atoms with Gasteiger partial charge in [0.05, 0.1) is 32.6 Å². The maximum absolute atomic E-state index is 11.1. The number of hydrogen-bond acceptors (Lipinski definition) is 3. The van der Waals surface area contributed by atoms with Crippen LogP contribution in [0.3, 0.4) is 0 Å². The number of aliphatic hydroxyl groups is 1. The molecule has 0 amide bonds. The van der Waals surface area contributed by atoms with Crippen molar-refractivity contribution < 1.29 is 31.5 Å². The highest BCUT2D eigenvalue weighted by molar-refractivity contribution is 5.81. The van der Waals surface area contributed by atoms with Crippen LogP contribution in [0.15, 0.2) is 12.2 Å². The lowest BCUT2D eigenvalue weighted by Crippen LogP contribution is -3.00. The van der Waals surface area contributed by atoms with Crippen molar-refractivity contribution in [1.29, 1.82) is 0 Å². The number of ether oxygens (including phenoxy) is 1. The summed E-state index contributed by atoms with van der Waals surface area (Å²) in [4.78, 5) is 11.1. The summed E-state index contributed by atoms with van der Waals surface area (Å²) in [6, 6.07) is 0. The molecule has 0 aliphatic carbocycles. The van der Waals surface area contributed by atoms with Crippen LogP contribution in [-0.2, 0) is 9.53 Å². The maximum atomic E-state index is 11.1. The molecule has 0 spiro atoms. The Balaban J connectivity index is 0. The molecule has 108 valence electrons. The first-order valence-corrected chi connectivity index (χ1v) is 6.40. The molecule has 18 heavy (non-hydrogen) atoms. The molecule has 0 aliphatic heterocycles. The lowest BCUT2D eigenvalue weighted by molar-refractivity contribution is -0.924. The van der Waals surface area contributed by atoms with E-state index in [9.17, 15) is 9.90 Å². The Morgan fingerprint density at radius 3 is 2.17 bits per heavy atom. The fraction of sp³-hybridized carbons (Fsp3) is 0.769. The third-order valence-electron chi connectivity index (χ3n) is 3.42. The third-order valence-corrected chi connectivity index (χ3v) is 3.42. The number of esters is 1. The van der Waals surface area contributed by atoms with E-state index in [0.717, 1.165) is 30.7 Å². The van der Waals surface area contributed by atoms with Crippen LogP contribution in [0.5, 0.6) is 0 Å². The van der Waals surface area contributed by atoms with E-state index >= 15 is 0 Å². The molecular weight excluding hydrogens is 254 g/mol. The van der Waals surface area contributed by atoms with Crippen LogP contribution in [0.25, 0.3) is 0 Å². The van der Waals surface area contributed by atoms with Gasteiger partial charge in [-0.05, 0) is 27.7 Å². The normalized spacial score (nSPS) is 13.2. The fourth-order valence-electron chi connectivity index (χ4n) is 1.90. The monoisotopic (exact) mass is 279 g/mol. The predicted octanol–water partition coefficient (Wildman–Crippen LogP) is -1.31. The lowest BCUT2D eigenvalue weighted by atomic mass is 10.2. The van der Waals surface area contributed by atoms with Crippen molar-refractivity contribution in [3.8, 4) is 0 Å². The Bertz CT molecular complexity index is 244. The van der Waals surface area contributed by atoms with Gasteiger partial charge in [-0.15, -0.1) is 0 Å². The first-order chi connectivity index (χ1) is 8.03. The second-order valence-corrected chi connectivity index (χ2v) is 4.19. The summed E-state index contributed by atoms with van der Waals surface area (Å²) in [5.74, 6) is -0.484. The molecule has 0 aromatic heterocycles. The highest BCUT2D eigenvalue weighted by Crippen LogP contribution is 2.09. The van der Waals surface area contributed by atoms with Crippen molar-refractivity contribution >= 4 is 5.97 Å². The molecule has 0 saturated heterocycles. The predicted molar refractivity (Wildman–Crippen MR) is 68.3 cm³/mol. The minimum absolute atomic E-state index is 0.